The Balaban J connectivity index is 2.01. The quantitative estimate of drug-likeness (QED) is 0.788. The average Bonchev–Trinajstić information content (AvgIpc) is 2.47. The first-order valence-electron chi connectivity index (χ1n) is 6.47. The Kier molecular flexibility index (Phi) is 5.05. The van der Waals surface area contributed by atoms with E-state index in [1.165, 1.54) is 0 Å². The summed E-state index contributed by atoms with van der Waals surface area (Å²) in [5, 5.41) is 0. The first-order chi connectivity index (χ1) is 9.26. The topological polar surface area (TPSA) is 32.8 Å². The van der Waals surface area contributed by atoms with Gasteiger partial charge in [-0.25, -0.2) is 0 Å². The van der Waals surface area contributed by atoms with Crippen LogP contribution in [-0.2, 0) is 0 Å². The molecule has 0 aromatic heterocycles. The van der Waals surface area contributed by atoms with Crippen molar-refractivity contribution < 1.29 is 9.53 Å². The van der Waals surface area contributed by atoms with E-state index in [2.05, 4.69) is 4.90 Å². The molecule has 0 aliphatic carbocycles. The monoisotopic (exact) mass is 282 g/mol. The van der Waals surface area contributed by atoms with Gasteiger partial charge in [-0.1, -0.05) is 12.1 Å². The lowest BCUT2D eigenvalue weighted by atomic mass is 10.1. The van der Waals surface area contributed by atoms with Crippen LogP contribution < -0.4 is 4.74 Å². The zero-order chi connectivity index (χ0) is 13.7. The molecule has 0 unspecified atom stereocenters. The molecule has 0 atom stereocenters. The molecule has 0 N–H and O–H groups in total. The number of halogens is 1. The second-order valence-corrected chi connectivity index (χ2v) is 4.90. The van der Waals surface area contributed by atoms with E-state index in [9.17, 15) is 4.79 Å². The summed E-state index contributed by atoms with van der Waals surface area (Å²) in [6.07, 6.45) is 0. The lowest BCUT2D eigenvalue weighted by molar-refractivity contribution is 0.0641. The van der Waals surface area contributed by atoms with E-state index in [0.29, 0.717) is 17.2 Å². The maximum atomic E-state index is 12.4. The maximum Gasteiger partial charge on any atom is 0.257 e. The number of carbonyl (C=O) groups excluding carboxylic acids is 1. The van der Waals surface area contributed by atoms with Crippen LogP contribution in [0.5, 0.6) is 5.75 Å². The number of piperazine rings is 1. The highest BCUT2D eigenvalue weighted by atomic mass is 35.5. The zero-order valence-electron chi connectivity index (χ0n) is 11.1. The molecule has 0 bridgehead atoms. The van der Waals surface area contributed by atoms with Crippen molar-refractivity contribution in [1.82, 2.24) is 9.80 Å². The lowest BCUT2D eigenvalue weighted by Gasteiger charge is -2.34. The van der Waals surface area contributed by atoms with Crippen LogP contribution in [0.2, 0.25) is 0 Å². The van der Waals surface area contributed by atoms with Crippen LogP contribution in [0.4, 0.5) is 0 Å². The largest absolute Gasteiger partial charge is 0.496 e. The number of amides is 1. The molecule has 1 heterocycles. The Labute approximate surface area is 118 Å². The van der Waals surface area contributed by atoms with Gasteiger partial charge in [0.15, 0.2) is 0 Å². The molecular weight excluding hydrogens is 264 g/mol. The van der Waals surface area contributed by atoms with Gasteiger partial charge < -0.3 is 9.64 Å². The van der Waals surface area contributed by atoms with Crippen molar-refractivity contribution in [3.8, 4) is 5.75 Å². The number of hydrogen-bond donors (Lipinski definition) is 0. The molecule has 4 nitrogen and oxygen atoms in total. The third-order valence-electron chi connectivity index (χ3n) is 3.40. The summed E-state index contributed by atoms with van der Waals surface area (Å²) < 4.78 is 5.24. The number of nitrogens with zero attached hydrogens (tertiary/aromatic N) is 2. The number of carbonyl (C=O) groups is 1. The summed E-state index contributed by atoms with van der Waals surface area (Å²) in [6, 6.07) is 7.36. The standard InChI is InChI=1S/C14H19ClN2O2/c1-19-13-5-3-2-4-12(13)14(18)17-10-8-16(7-6-15)9-11-17/h2-5H,6-11H2,1H3. The summed E-state index contributed by atoms with van der Waals surface area (Å²) in [5.74, 6) is 1.32. The van der Waals surface area contributed by atoms with Gasteiger partial charge in [-0.3, -0.25) is 9.69 Å². The number of alkyl halides is 1. The highest BCUT2D eigenvalue weighted by molar-refractivity contribution is 6.18. The van der Waals surface area contributed by atoms with Crippen LogP contribution in [-0.4, -0.2) is 61.4 Å². The van der Waals surface area contributed by atoms with Crippen molar-refractivity contribution in [1.29, 1.82) is 0 Å². The Morgan fingerprint density at radius 1 is 1.26 bits per heavy atom. The van der Waals surface area contributed by atoms with Crippen LogP contribution in [0.25, 0.3) is 0 Å². The number of hydrogen-bond acceptors (Lipinski definition) is 3. The van der Waals surface area contributed by atoms with Crippen molar-refractivity contribution in [2.45, 2.75) is 0 Å². The van der Waals surface area contributed by atoms with Gasteiger partial charge in [0, 0.05) is 38.6 Å². The van der Waals surface area contributed by atoms with Crippen molar-refractivity contribution >= 4 is 17.5 Å². The van der Waals surface area contributed by atoms with E-state index in [0.717, 1.165) is 32.7 Å². The molecule has 0 saturated carbocycles. The van der Waals surface area contributed by atoms with Gasteiger partial charge >= 0.3 is 0 Å². The van der Waals surface area contributed by atoms with E-state index >= 15 is 0 Å². The fourth-order valence-corrected chi connectivity index (χ4v) is 2.52. The Hall–Kier alpha value is -1.26. The molecule has 19 heavy (non-hydrogen) atoms. The number of benzene rings is 1. The Morgan fingerprint density at radius 2 is 1.95 bits per heavy atom. The van der Waals surface area contributed by atoms with Gasteiger partial charge in [-0.05, 0) is 12.1 Å². The molecule has 1 saturated heterocycles. The number of methoxy groups -OCH3 is 1. The van der Waals surface area contributed by atoms with Crippen molar-refractivity contribution in [2.75, 3.05) is 45.7 Å². The molecule has 1 aromatic rings. The van der Waals surface area contributed by atoms with E-state index in [4.69, 9.17) is 16.3 Å². The van der Waals surface area contributed by atoms with Crippen molar-refractivity contribution in [2.24, 2.45) is 0 Å². The normalized spacial score (nSPS) is 16.4. The summed E-state index contributed by atoms with van der Waals surface area (Å²) in [7, 11) is 1.59. The molecule has 104 valence electrons. The fraction of sp³-hybridized carbons (Fsp3) is 0.500. The Morgan fingerprint density at radius 3 is 2.58 bits per heavy atom. The van der Waals surface area contributed by atoms with Gasteiger partial charge in [-0.15, -0.1) is 11.6 Å². The first-order valence-corrected chi connectivity index (χ1v) is 7.00. The van der Waals surface area contributed by atoms with E-state index in [-0.39, 0.29) is 5.91 Å². The third-order valence-corrected chi connectivity index (χ3v) is 3.57. The molecule has 2 rings (SSSR count). The van der Waals surface area contributed by atoms with Crippen LogP contribution >= 0.6 is 11.6 Å². The molecule has 1 aliphatic rings. The maximum absolute atomic E-state index is 12.4. The molecule has 1 amide bonds. The van der Waals surface area contributed by atoms with Crippen LogP contribution in [0.3, 0.4) is 0 Å². The van der Waals surface area contributed by atoms with Crippen LogP contribution in [0.1, 0.15) is 10.4 Å². The summed E-state index contributed by atoms with van der Waals surface area (Å²) in [6.45, 7) is 4.14. The van der Waals surface area contributed by atoms with Crippen LogP contribution in [0.15, 0.2) is 24.3 Å². The minimum Gasteiger partial charge on any atom is -0.496 e. The van der Waals surface area contributed by atoms with E-state index in [1.54, 1.807) is 7.11 Å². The molecule has 1 aromatic carbocycles. The molecular formula is C14H19ClN2O2. The molecule has 1 fully saturated rings. The number of para-hydroxylation sites is 1. The molecule has 5 heteroatoms. The Bertz CT molecular complexity index is 431. The molecule has 1 aliphatic heterocycles. The minimum atomic E-state index is 0.0444. The third kappa shape index (κ3) is 3.39. The SMILES string of the molecule is COc1ccccc1C(=O)N1CCN(CCCl)CC1. The summed E-state index contributed by atoms with van der Waals surface area (Å²) in [5.41, 5.74) is 0.635. The van der Waals surface area contributed by atoms with Gasteiger partial charge in [0.2, 0.25) is 0 Å². The number of rotatable bonds is 4. The number of ether oxygens (including phenoxy) is 1. The minimum absolute atomic E-state index is 0.0444. The van der Waals surface area contributed by atoms with Crippen molar-refractivity contribution in [3.05, 3.63) is 29.8 Å². The first kappa shape index (κ1) is 14.2. The van der Waals surface area contributed by atoms with Crippen LogP contribution in [0, 0.1) is 0 Å². The van der Waals surface area contributed by atoms with Gasteiger partial charge in [0.05, 0.1) is 12.7 Å². The predicted octanol–water partition coefficient (Wildman–Crippen LogP) is 1.69. The van der Waals surface area contributed by atoms with Crippen molar-refractivity contribution in [3.63, 3.8) is 0 Å². The second kappa shape index (κ2) is 6.78. The summed E-state index contributed by atoms with van der Waals surface area (Å²) >= 11 is 5.73. The second-order valence-electron chi connectivity index (χ2n) is 4.52. The van der Waals surface area contributed by atoms with Gasteiger partial charge in [0.1, 0.15) is 5.75 Å². The average molecular weight is 283 g/mol. The smallest absolute Gasteiger partial charge is 0.257 e. The van der Waals surface area contributed by atoms with E-state index in [1.807, 2.05) is 29.2 Å². The lowest BCUT2D eigenvalue weighted by Crippen LogP contribution is -2.49. The highest BCUT2D eigenvalue weighted by Crippen LogP contribution is 2.20. The predicted molar refractivity (Wildman–Crippen MR) is 76.1 cm³/mol. The summed E-state index contributed by atoms with van der Waals surface area (Å²) in [4.78, 5) is 16.6. The highest BCUT2D eigenvalue weighted by Gasteiger charge is 2.23. The van der Waals surface area contributed by atoms with Gasteiger partial charge in [0.25, 0.3) is 5.91 Å². The van der Waals surface area contributed by atoms with Gasteiger partial charge in [-0.2, -0.15) is 0 Å². The zero-order valence-corrected chi connectivity index (χ0v) is 11.9. The molecule has 0 spiro atoms. The molecule has 0 radical (unpaired) electrons. The fourth-order valence-electron chi connectivity index (χ4n) is 2.29. The van der Waals surface area contributed by atoms with E-state index < -0.39 is 0 Å².